The lowest BCUT2D eigenvalue weighted by Crippen LogP contribution is -1.96. The Balaban J connectivity index is 2.66. The number of allylic oxidation sites excluding steroid dienone is 1. The van der Waals surface area contributed by atoms with Crippen LogP contribution >= 0.6 is 15.9 Å². The zero-order chi connectivity index (χ0) is 9.68. The minimum Gasteiger partial charge on any atom is -0.473 e. The van der Waals surface area contributed by atoms with Crippen LogP contribution in [-0.2, 0) is 0 Å². The molecule has 1 heterocycles. The molecular formula is C10H12BrNO. The van der Waals surface area contributed by atoms with Crippen molar-refractivity contribution in [2.75, 3.05) is 6.61 Å². The first-order valence-corrected chi connectivity index (χ1v) is 4.89. The Hall–Kier alpha value is -0.830. The quantitative estimate of drug-likeness (QED) is 0.760. The smallest absolute Gasteiger partial charge is 0.228 e. The van der Waals surface area contributed by atoms with Crippen molar-refractivity contribution in [2.45, 2.75) is 13.8 Å². The molecule has 1 aromatic heterocycles. The van der Waals surface area contributed by atoms with Crippen LogP contribution in [0, 0.1) is 6.92 Å². The average Bonchev–Trinajstić information content (AvgIpc) is 2.09. The molecule has 0 fully saturated rings. The van der Waals surface area contributed by atoms with Crippen molar-refractivity contribution >= 4 is 15.9 Å². The van der Waals surface area contributed by atoms with Gasteiger partial charge in [-0.25, -0.2) is 4.98 Å². The highest BCUT2D eigenvalue weighted by Gasteiger charge is 2.00. The molecule has 0 amide bonds. The van der Waals surface area contributed by atoms with E-state index in [1.165, 1.54) is 0 Å². The van der Waals surface area contributed by atoms with E-state index in [1.807, 2.05) is 32.1 Å². The maximum Gasteiger partial charge on any atom is 0.228 e. The molecule has 0 aromatic carbocycles. The van der Waals surface area contributed by atoms with E-state index in [4.69, 9.17) is 4.74 Å². The molecule has 0 aliphatic carbocycles. The van der Waals surface area contributed by atoms with Crippen LogP contribution in [0.3, 0.4) is 0 Å². The molecule has 1 rings (SSSR count). The molecule has 3 heteroatoms. The highest BCUT2D eigenvalue weighted by Crippen LogP contribution is 2.22. The lowest BCUT2D eigenvalue weighted by molar-refractivity contribution is 0.345. The van der Waals surface area contributed by atoms with E-state index in [0.29, 0.717) is 12.5 Å². The second-order valence-corrected chi connectivity index (χ2v) is 3.53. The van der Waals surface area contributed by atoms with Crippen molar-refractivity contribution in [2.24, 2.45) is 0 Å². The second-order valence-electron chi connectivity index (χ2n) is 2.68. The molecule has 0 N–H and O–H groups in total. The molecule has 0 atom stereocenters. The summed E-state index contributed by atoms with van der Waals surface area (Å²) < 4.78 is 6.29. The molecule has 0 spiro atoms. The van der Waals surface area contributed by atoms with Crippen LogP contribution in [0.5, 0.6) is 5.88 Å². The van der Waals surface area contributed by atoms with Gasteiger partial charge in [0.15, 0.2) is 0 Å². The molecule has 0 unspecified atom stereocenters. The lowest BCUT2D eigenvalue weighted by Gasteiger charge is -2.04. The summed E-state index contributed by atoms with van der Waals surface area (Å²) in [7, 11) is 0. The van der Waals surface area contributed by atoms with Gasteiger partial charge in [-0.3, -0.25) is 0 Å². The Morgan fingerprint density at radius 3 is 3.00 bits per heavy atom. The maximum atomic E-state index is 5.39. The van der Waals surface area contributed by atoms with Gasteiger partial charge in [0.2, 0.25) is 5.88 Å². The highest BCUT2D eigenvalue weighted by molar-refractivity contribution is 9.10. The molecule has 0 aliphatic heterocycles. The number of rotatable bonds is 3. The van der Waals surface area contributed by atoms with Gasteiger partial charge in [0.25, 0.3) is 0 Å². The summed E-state index contributed by atoms with van der Waals surface area (Å²) in [4.78, 5) is 4.15. The molecule has 0 aliphatic rings. The number of ether oxygens (including phenoxy) is 1. The summed E-state index contributed by atoms with van der Waals surface area (Å²) in [5.41, 5.74) is 1.12. The van der Waals surface area contributed by atoms with Crippen LogP contribution in [0.1, 0.15) is 12.5 Å². The number of aryl methyl sites for hydroxylation is 1. The molecule has 2 nitrogen and oxygen atoms in total. The highest BCUT2D eigenvalue weighted by atomic mass is 79.9. The van der Waals surface area contributed by atoms with E-state index < -0.39 is 0 Å². The summed E-state index contributed by atoms with van der Waals surface area (Å²) >= 11 is 3.39. The molecule has 0 saturated carbocycles. The van der Waals surface area contributed by atoms with Crippen molar-refractivity contribution in [3.05, 3.63) is 34.5 Å². The largest absolute Gasteiger partial charge is 0.473 e. The monoisotopic (exact) mass is 241 g/mol. The number of pyridine rings is 1. The van der Waals surface area contributed by atoms with Crippen LogP contribution in [0.2, 0.25) is 0 Å². The Morgan fingerprint density at radius 1 is 1.62 bits per heavy atom. The Labute approximate surface area is 86.8 Å². The third-order valence-electron chi connectivity index (χ3n) is 1.50. The molecule has 13 heavy (non-hydrogen) atoms. The predicted octanol–water partition coefficient (Wildman–Crippen LogP) is 3.11. The van der Waals surface area contributed by atoms with Gasteiger partial charge in [-0.15, -0.1) is 0 Å². The van der Waals surface area contributed by atoms with Gasteiger partial charge >= 0.3 is 0 Å². The van der Waals surface area contributed by atoms with Crippen molar-refractivity contribution in [1.29, 1.82) is 0 Å². The van der Waals surface area contributed by atoms with Gasteiger partial charge in [-0.05, 0) is 41.4 Å². The lowest BCUT2D eigenvalue weighted by atomic mass is 10.3. The average molecular weight is 242 g/mol. The Morgan fingerprint density at radius 2 is 2.38 bits per heavy atom. The number of halogens is 1. The SMILES string of the molecule is C/C=C/COc1ncc(C)cc1Br. The Bertz CT molecular complexity index is 310. The van der Waals surface area contributed by atoms with Gasteiger partial charge in [-0.2, -0.15) is 0 Å². The fourth-order valence-corrected chi connectivity index (χ4v) is 1.43. The third-order valence-corrected chi connectivity index (χ3v) is 2.06. The van der Waals surface area contributed by atoms with Crippen molar-refractivity contribution in [1.82, 2.24) is 4.98 Å². The molecule has 0 radical (unpaired) electrons. The minimum atomic E-state index is 0.561. The first-order valence-electron chi connectivity index (χ1n) is 4.10. The maximum absolute atomic E-state index is 5.39. The number of hydrogen-bond acceptors (Lipinski definition) is 2. The molecule has 1 aromatic rings. The van der Waals surface area contributed by atoms with E-state index in [-0.39, 0.29) is 0 Å². The van der Waals surface area contributed by atoms with E-state index >= 15 is 0 Å². The van der Waals surface area contributed by atoms with E-state index in [1.54, 1.807) is 6.20 Å². The first-order chi connectivity index (χ1) is 6.24. The third kappa shape index (κ3) is 3.19. The van der Waals surface area contributed by atoms with Crippen LogP contribution in [0.15, 0.2) is 28.9 Å². The van der Waals surface area contributed by atoms with Crippen LogP contribution in [-0.4, -0.2) is 11.6 Å². The summed E-state index contributed by atoms with van der Waals surface area (Å²) in [6.07, 6.45) is 5.67. The zero-order valence-corrected chi connectivity index (χ0v) is 9.34. The molecule has 70 valence electrons. The van der Waals surface area contributed by atoms with Crippen LogP contribution < -0.4 is 4.74 Å². The van der Waals surface area contributed by atoms with Gasteiger partial charge in [0.05, 0.1) is 4.47 Å². The van der Waals surface area contributed by atoms with E-state index in [0.717, 1.165) is 10.0 Å². The number of aromatic nitrogens is 1. The number of hydrogen-bond donors (Lipinski definition) is 0. The molecular weight excluding hydrogens is 230 g/mol. The first kappa shape index (κ1) is 10.3. The van der Waals surface area contributed by atoms with Crippen LogP contribution in [0.25, 0.3) is 0 Å². The number of nitrogens with zero attached hydrogens (tertiary/aromatic N) is 1. The summed E-state index contributed by atoms with van der Waals surface area (Å²) in [6.45, 7) is 4.51. The zero-order valence-electron chi connectivity index (χ0n) is 7.75. The van der Waals surface area contributed by atoms with E-state index in [2.05, 4.69) is 20.9 Å². The van der Waals surface area contributed by atoms with Gasteiger partial charge in [0.1, 0.15) is 6.61 Å². The van der Waals surface area contributed by atoms with Crippen molar-refractivity contribution in [3.8, 4) is 5.88 Å². The summed E-state index contributed by atoms with van der Waals surface area (Å²) in [5, 5.41) is 0. The minimum absolute atomic E-state index is 0.561. The second kappa shape index (κ2) is 5.02. The molecule has 0 saturated heterocycles. The summed E-state index contributed by atoms with van der Waals surface area (Å²) in [6, 6.07) is 1.98. The predicted molar refractivity (Wildman–Crippen MR) is 57.0 cm³/mol. The topological polar surface area (TPSA) is 22.1 Å². The summed E-state index contributed by atoms with van der Waals surface area (Å²) in [5.74, 6) is 0.642. The van der Waals surface area contributed by atoms with Gasteiger partial charge in [-0.1, -0.05) is 12.2 Å². The van der Waals surface area contributed by atoms with Crippen molar-refractivity contribution < 1.29 is 4.74 Å². The van der Waals surface area contributed by atoms with Gasteiger partial charge in [0, 0.05) is 6.20 Å². The normalized spacial score (nSPS) is 10.7. The fourth-order valence-electron chi connectivity index (χ4n) is 0.850. The Kier molecular flexibility index (Phi) is 3.96. The van der Waals surface area contributed by atoms with Gasteiger partial charge < -0.3 is 4.74 Å². The molecule has 0 bridgehead atoms. The van der Waals surface area contributed by atoms with Crippen LogP contribution in [0.4, 0.5) is 0 Å². The standard InChI is InChI=1S/C10H12BrNO/c1-3-4-5-13-10-9(11)6-8(2)7-12-10/h3-4,6-7H,5H2,1-2H3/b4-3+. The van der Waals surface area contributed by atoms with E-state index in [9.17, 15) is 0 Å². The fraction of sp³-hybridized carbons (Fsp3) is 0.300. The van der Waals surface area contributed by atoms with Crippen molar-refractivity contribution in [3.63, 3.8) is 0 Å².